The zero-order valence-corrected chi connectivity index (χ0v) is 17.9. The van der Waals surface area contributed by atoms with E-state index in [4.69, 9.17) is 4.74 Å². The summed E-state index contributed by atoms with van der Waals surface area (Å²) in [6, 6.07) is 17.2. The van der Waals surface area contributed by atoms with Gasteiger partial charge in [0.2, 0.25) is 0 Å². The van der Waals surface area contributed by atoms with Crippen molar-refractivity contribution >= 4 is 28.8 Å². The average molecular weight is 408 g/mol. The summed E-state index contributed by atoms with van der Waals surface area (Å²) in [7, 11) is 1.61. The van der Waals surface area contributed by atoms with Crippen molar-refractivity contribution < 1.29 is 14.3 Å². The Hall–Kier alpha value is -3.12. The van der Waals surface area contributed by atoms with Gasteiger partial charge in [0.15, 0.2) is 0 Å². The molecule has 1 N–H and O–H groups in total. The Labute approximate surface area is 178 Å². The number of carbonyl (C=O) groups is 2. The van der Waals surface area contributed by atoms with Gasteiger partial charge in [0.25, 0.3) is 11.8 Å². The molecule has 2 amide bonds. The molecule has 0 saturated carbocycles. The fraction of sp³-hybridized carbons (Fsp3) is 0.333. The predicted molar refractivity (Wildman–Crippen MR) is 120 cm³/mol. The third kappa shape index (κ3) is 4.54. The lowest BCUT2D eigenvalue weighted by molar-refractivity contribution is -0.136. The smallest absolute Gasteiger partial charge is 0.278 e. The average Bonchev–Trinajstić information content (AvgIpc) is 3.00. The van der Waals surface area contributed by atoms with Crippen LogP contribution >= 0.6 is 0 Å². The first-order valence-electron chi connectivity index (χ1n) is 10.4. The lowest BCUT2D eigenvalue weighted by Crippen LogP contribution is -2.33. The van der Waals surface area contributed by atoms with Crippen LogP contribution in [0.4, 0.5) is 11.4 Å². The molecule has 6 heteroatoms. The number of hydrogen-bond acceptors (Lipinski definition) is 5. The maximum Gasteiger partial charge on any atom is 0.278 e. The van der Waals surface area contributed by atoms with Crippen molar-refractivity contribution in [2.75, 3.05) is 43.6 Å². The normalized spacial score (nSPS) is 13.9. The van der Waals surface area contributed by atoms with E-state index >= 15 is 0 Å². The number of rotatable bonds is 10. The van der Waals surface area contributed by atoms with Crippen molar-refractivity contribution in [2.45, 2.75) is 20.3 Å². The van der Waals surface area contributed by atoms with E-state index in [1.165, 1.54) is 4.90 Å². The molecule has 1 aliphatic rings. The molecule has 3 rings (SSSR count). The molecule has 0 atom stereocenters. The van der Waals surface area contributed by atoms with Crippen LogP contribution in [0.25, 0.3) is 5.57 Å². The molecule has 0 radical (unpaired) electrons. The Morgan fingerprint density at radius 2 is 1.60 bits per heavy atom. The van der Waals surface area contributed by atoms with Gasteiger partial charge in [-0.1, -0.05) is 30.3 Å². The molecule has 0 aliphatic carbocycles. The van der Waals surface area contributed by atoms with Crippen LogP contribution in [-0.4, -0.2) is 50.1 Å². The Kier molecular flexibility index (Phi) is 7.25. The van der Waals surface area contributed by atoms with Gasteiger partial charge < -0.3 is 15.0 Å². The molecule has 0 aromatic heterocycles. The third-order valence-electron chi connectivity index (χ3n) is 5.23. The van der Waals surface area contributed by atoms with E-state index in [-0.39, 0.29) is 11.8 Å². The molecular formula is C24H29N3O3. The zero-order chi connectivity index (χ0) is 21.5. The minimum atomic E-state index is -0.303. The van der Waals surface area contributed by atoms with Crippen molar-refractivity contribution in [1.82, 2.24) is 4.90 Å². The summed E-state index contributed by atoms with van der Waals surface area (Å²) < 4.78 is 5.07. The van der Waals surface area contributed by atoms with E-state index in [9.17, 15) is 9.59 Å². The maximum atomic E-state index is 13.1. The molecule has 158 valence electrons. The van der Waals surface area contributed by atoms with E-state index in [2.05, 4.69) is 24.1 Å². The number of imide groups is 1. The molecule has 0 spiro atoms. The SMILES string of the molecule is CCN(CC)c1ccc(NC2=C(c3ccccc3)C(=O)N(CCCOC)C2=O)cc1. The lowest BCUT2D eigenvalue weighted by Gasteiger charge is -2.21. The van der Waals surface area contributed by atoms with Gasteiger partial charge in [-0.05, 0) is 50.1 Å². The lowest BCUT2D eigenvalue weighted by atomic mass is 10.0. The van der Waals surface area contributed by atoms with Gasteiger partial charge in [-0.3, -0.25) is 14.5 Å². The third-order valence-corrected chi connectivity index (χ3v) is 5.23. The molecule has 0 unspecified atom stereocenters. The van der Waals surface area contributed by atoms with Gasteiger partial charge in [-0.15, -0.1) is 0 Å². The second-order valence-corrected chi connectivity index (χ2v) is 7.07. The minimum Gasteiger partial charge on any atom is -0.385 e. The summed E-state index contributed by atoms with van der Waals surface area (Å²) in [5.41, 5.74) is 3.35. The monoisotopic (exact) mass is 407 g/mol. The highest BCUT2D eigenvalue weighted by molar-refractivity contribution is 6.36. The summed E-state index contributed by atoms with van der Waals surface area (Å²) in [6.07, 6.45) is 0.599. The topological polar surface area (TPSA) is 61.9 Å². The first-order chi connectivity index (χ1) is 14.6. The van der Waals surface area contributed by atoms with Gasteiger partial charge in [0, 0.05) is 44.7 Å². The van der Waals surface area contributed by atoms with Crippen molar-refractivity contribution in [1.29, 1.82) is 0 Å². The van der Waals surface area contributed by atoms with Gasteiger partial charge in [0.05, 0.1) is 5.57 Å². The fourth-order valence-electron chi connectivity index (χ4n) is 3.62. The van der Waals surface area contributed by atoms with Crippen LogP contribution in [0.3, 0.4) is 0 Å². The van der Waals surface area contributed by atoms with Crippen LogP contribution < -0.4 is 10.2 Å². The molecule has 2 aromatic rings. The second-order valence-electron chi connectivity index (χ2n) is 7.07. The van der Waals surface area contributed by atoms with Gasteiger partial charge in [-0.25, -0.2) is 0 Å². The largest absolute Gasteiger partial charge is 0.385 e. The summed E-state index contributed by atoms with van der Waals surface area (Å²) in [4.78, 5) is 29.7. The zero-order valence-electron chi connectivity index (χ0n) is 17.9. The summed E-state index contributed by atoms with van der Waals surface area (Å²) in [5, 5.41) is 3.21. The highest BCUT2D eigenvalue weighted by atomic mass is 16.5. The number of benzene rings is 2. The molecule has 1 aliphatic heterocycles. The fourth-order valence-corrected chi connectivity index (χ4v) is 3.62. The molecule has 0 saturated heterocycles. The Balaban J connectivity index is 1.90. The summed E-state index contributed by atoms with van der Waals surface area (Å²) in [6.45, 7) is 6.91. The first kappa shape index (κ1) is 21.6. The van der Waals surface area contributed by atoms with Crippen LogP contribution in [0, 0.1) is 0 Å². The van der Waals surface area contributed by atoms with E-state index in [1.807, 2.05) is 54.6 Å². The molecule has 0 fully saturated rings. The quantitative estimate of drug-likeness (QED) is 0.480. The maximum absolute atomic E-state index is 13.1. The van der Waals surface area contributed by atoms with Crippen molar-refractivity contribution in [3.8, 4) is 0 Å². The van der Waals surface area contributed by atoms with Crippen LogP contribution in [0.2, 0.25) is 0 Å². The summed E-state index contributed by atoms with van der Waals surface area (Å²) >= 11 is 0. The Morgan fingerprint density at radius 1 is 0.933 bits per heavy atom. The Morgan fingerprint density at radius 3 is 2.20 bits per heavy atom. The van der Waals surface area contributed by atoms with Crippen molar-refractivity contribution in [3.05, 3.63) is 65.9 Å². The number of anilines is 2. The van der Waals surface area contributed by atoms with Crippen LogP contribution in [0.1, 0.15) is 25.8 Å². The molecule has 2 aromatic carbocycles. The Bertz CT molecular complexity index is 903. The standard InChI is InChI=1S/C24H29N3O3/c1-4-26(5-2)20-14-12-19(13-15-20)25-22-21(18-10-7-6-8-11-18)23(28)27(24(22)29)16-9-17-30-3/h6-8,10-15,25H,4-5,9,16-17H2,1-3H3. The van der Waals surface area contributed by atoms with E-state index < -0.39 is 0 Å². The molecule has 6 nitrogen and oxygen atoms in total. The molecule has 0 bridgehead atoms. The van der Waals surface area contributed by atoms with Crippen LogP contribution in [-0.2, 0) is 14.3 Å². The predicted octanol–water partition coefficient (Wildman–Crippen LogP) is 3.76. The number of methoxy groups -OCH3 is 1. The number of nitrogens with one attached hydrogen (secondary N) is 1. The molecular weight excluding hydrogens is 378 g/mol. The van der Waals surface area contributed by atoms with Crippen molar-refractivity contribution in [3.63, 3.8) is 0 Å². The number of hydrogen-bond donors (Lipinski definition) is 1. The van der Waals surface area contributed by atoms with E-state index in [0.717, 1.165) is 30.0 Å². The van der Waals surface area contributed by atoms with Crippen molar-refractivity contribution in [2.24, 2.45) is 0 Å². The number of nitrogens with zero attached hydrogens (tertiary/aromatic N) is 2. The number of amides is 2. The van der Waals surface area contributed by atoms with Gasteiger partial charge in [-0.2, -0.15) is 0 Å². The minimum absolute atomic E-state index is 0.274. The number of carbonyl (C=O) groups excluding carboxylic acids is 2. The van der Waals surface area contributed by atoms with E-state index in [1.54, 1.807) is 7.11 Å². The van der Waals surface area contributed by atoms with Crippen LogP contribution in [0.15, 0.2) is 60.3 Å². The highest BCUT2D eigenvalue weighted by Gasteiger charge is 2.38. The molecule has 1 heterocycles. The first-order valence-corrected chi connectivity index (χ1v) is 10.4. The summed E-state index contributed by atoms with van der Waals surface area (Å²) in [5.74, 6) is -0.577. The van der Waals surface area contributed by atoms with Gasteiger partial charge in [0.1, 0.15) is 5.70 Å². The molecule has 30 heavy (non-hydrogen) atoms. The highest BCUT2D eigenvalue weighted by Crippen LogP contribution is 2.31. The van der Waals surface area contributed by atoms with Gasteiger partial charge >= 0.3 is 0 Å². The van der Waals surface area contributed by atoms with E-state index in [0.29, 0.717) is 30.8 Å². The second kappa shape index (κ2) is 10.1. The van der Waals surface area contributed by atoms with Crippen LogP contribution in [0.5, 0.6) is 0 Å². The number of ether oxygens (including phenoxy) is 1.